The van der Waals surface area contributed by atoms with Gasteiger partial charge in [0.1, 0.15) is 11.5 Å². The van der Waals surface area contributed by atoms with Crippen LogP contribution in [-0.4, -0.2) is 37.7 Å². The summed E-state index contributed by atoms with van der Waals surface area (Å²) in [5, 5.41) is 9.39. The first-order valence-corrected chi connectivity index (χ1v) is 10.9. The highest BCUT2D eigenvalue weighted by atomic mass is 35.5. The highest BCUT2D eigenvalue weighted by molar-refractivity contribution is 6.44. The van der Waals surface area contributed by atoms with Crippen molar-refractivity contribution in [3.05, 3.63) is 82.3 Å². The average molecular weight is 515 g/mol. The molecular formula is C24H20Cl2N4O5. The summed E-state index contributed by atoms with van der Waals surface area (Å²) in [6.45, 7) is -0.315. The van der Waals surface area contributed by atoms with Crippen LogP contribution in [0.5, 0.6) is 11.5 Å². The number of ether oxygens (including phenoxy) is 2. The van der Waals surface area contributed by atoms with Crippen molar-refractivity contribution < 1.29 is 23.9 Å². The molecule has 0 aromatic heterocycles. The normalized spacial score (nSPS) is 10.5. The van der Waals surface area contributed by atoms with Crippen molar-refractivity contribution in [3.63, 3.8) is 0 Å². The molecular weight excluding hydrogens is 495 g/mol. The molecule has 3 aromatic rings. The van der Waals surface area contributed by atoms with Crippen molar-refractivity contribution >= 4 is 58.5 Å². The molecule has 0 saturated heterocycles. The lowest BCUT2D eigenvalue weighted by atomic mass is 10.2. The van der Waals surface area contributed by atoms with Crippen LogP contribution in [0.1, 0.15) is 5.56 Å². The molecule has 11 heteroatoms. The number of nitrogens with zero attached hydrogens (tertiary/aromatic N) is 1. The quantitative estimate of drug-likeness (QED) is 0.237. The zero-order chi connectivity index (χ0) is 25.2. The van der Waals surface area contributed by atoms with Crippen LogP contribution in [0.25, 0.3) is 0 Å². The van der Waals surface area contributed by atoms with Crippen LogP contribution >= 0.6 is 23.2 Å². The monoisotopic (exact) mass is 514 g/mol. The third kappa shape index (κ3) is 7.46. The van der Waals surface area contributed by atoms with E-state index in [4.69, 9.17) is 32.7 Å². The lowest BCUT2D eigenvalue weighted by Crippen LogP contribution is -2.32. The van der Waals surface area contributed by atoms with Crippen molar-refractivity contribution in [1.82, 2.24) is 5.43 Å². The Kier molecular flexibility index (Phi) is 9.05. The Labute approximate surface area is 211 Å². The molecule has 0 unspecified atom stereocenters. The lowest BCUT2D eigenvalue weighted by Gasteiger charge is -2.11. The molecule has 0 aliphatic carbocycles. The third-order valence-electron chi connectivity index (χ3n) is 4.43. The van der Waals surface area contributed by atoms with E-state index in [0.29, 0.717) is 33.5 Å². The van der Waals surface area contributed by atoms with E-state index >= 15 is 0 Å². The van der Waals surface area contributed by atoms with Crippen LogP contribution < -0.4 is 25.5 Å². The van der Waals surface area contributed by atoms with E-state index in [1.54, 1.807) is 66.7 Å². The van der Waals surface area contributed by atoms with Crippen molar-refractivity contribution in [2.24, 2.45) is 5.10 Å². The lowest BCUT2D eigenvalue weighted by molar-refractivity contribution is -0.136. The Balaban J connectivity index is 1.53. The third-order valence-corrected chi connectivity index (χ3v) is 5.25. The van der Waals surface area contributed by atoms with Crippen LogP contribution in [0.15, 0.2) is 71.8 Å². The van der Waals surface area contributed by atoms with E-state index in [9.17, 15) is 14.4 Å². The number of rotatable bonds is 8. The molecule has 9 nitrogen and oxygen atoms in total. The molecule has 0 saturated carbocycles. The van der Waals surface area contributed by atoms with Gasteiger partial charge in [0, 0.05) is 11.3 Å². The molecule has 0 fully saturated rings. The summed E-state index contributed by atoms with van der Waals surface area (Å²) in [5.74, 6) is -1.37. The molecule has 0 radical (unpaired) electrons. The number of amides is 3. The molecule has 3 aromatic carbocycles. The number of benzene rings is 3. The number of nitrogens with one attached hydrogen (secondary N) is 3. The first kappa shape index (κ1) is 25.5. The van der Waals surface area contributed by atoms with Gasteiger partial charge in [0.05, 0.1) is 29.1 Å². The highest BCUT2D eigenvalue weighted by Crippen LogP contribution is 2.29. The minimum absolute atomic E-state index is 0.224. The van der Waals surface area contributed by atoms with Crippen LogP contribution in [-0.2, 0) is 14.4 Å². The van der Waals surface area contributed by atoms with Crippen molar-refractivity contribution in [2.45, 2.75) is 0 Å². The maximum Gasteiger partial charge on any atom is 0.329 e. The second-order valence-corrected chi connectivity index (χ2v) is 7.64. The molecule has 180 valence electrons. The Morgan fingerprint density at radius 2 is 1.66 bits per heavy atom. The second kappa shape index (κ2) is 12.4. The van der Waals surface area contributed by atoms with E-state index in [-0.39, 0.29) is 11.6 Å². The summed E-state index contributed by atoms with van der Waals surface area (Å²) in [6.07, 6.45) is 1.29. The predicted molar refractivity (Wildman–Crippen MR) is 134 cm³/mol. The number of hydrogen-bond donors (Lipinski definition) is 3. The Morgan fingerprint density at radius 1 is 0.914 bits per heavy atom. The molecule has 3 rings (SSSR count). The summed E-state index contributed by atoms with van der Waals surface area (Å²) in [5.41, 5.74) is 3.39. The number of carbonyl (C=O) groups is 3. The summed E-state index contributed by atoms with van der Waals surface area (Å²) < 4.78 is 10.6. The Bertz CT molecular complexity index is 1250. The van der Waals surface area contributed by atoms with Gasteiger partial charge in [-0.2, -0.15) is 5.10 Å². The predicted octanol–water partition coefficient (Wildman–Crippen LogP) is 4.11. The van der Waals surface area contributed by atoms with E-state index < -0.39 is 17.7 Å². The zero-order valence-corrected chi connectivity index (χ0v) is 19.9. The van der Waals surface area contributed by atoms with Gasteiger partial charge in [0.15, 0.2) is 6.61 Å². The fraction of sp³-hybridized carbons (Fsp3) is 0.0833. The van der Waals surface area contributed by atoms with Gasteiger partial charge in [-0.3, -0.25) is 14.4 Å². The van der Waals surface area contributed by atoms with Gasteiger partial charge in [-0.15, -0.1) is 0 Å². The topological polar surface area (TPSA) is 118 Å². The maximum absolute atomic E-state index is 12.2. The van der Waals surface area contributed by atoms with Gasteiger partial charge in [-0.1, -0.05) is 41.4 Å². The van der Waals surface area contributed by atoms with Gasteiger partial charge in [-0.25, -0.2) is 5.43 Å². The fourth-order valence-electron chi connectivity index (χ4n) is 2.72. The van der Waals surface area contributed by atoms with E-state index in [0.717, 1.165) is 0 Å². The molecule has 0 atom stereocenters. The van der Waals surface area contributed by atoms with E-state index in [1.165, 1.54) is 13.3 Å². The summed E-state index contributed by atoms with van der Waals surface area (Å²) in [7, 11) is 1.52. The molecule has 0 spiro atoms. The Hall–Kier alpha value is -4.08. The molecule has 0 aliphatic heterocycles. The van der Waals surface area contributed by atoms with Gasteiger partial charge in [-0.05, 0) is 48.5 Å². The number of anilines is 2. The first-order valence-electron chi connectivity index (χ1n) is 10.1. The van der Waals surface area contributed by atoms with Gasteiger partial charge in [0.2, 0.25) is 0 Å². The Morgan fingerprint density at radius 3 is 2.40 bits per heavy atom. The number of methoxy groups -OCH3 is 1. The van der Waals surface area contributed by atoms with E-state index in [2.05, 4.69) is 21.2 Å². The van der Waals surface area contributed by atoms with Gasteiger partial charge >= 0.3 is 11.8 Å². The number of carbonyl (C=O) groups excluding carboxylic acids is 3. The van der Waals surface area contributed by atoms with Gasteiger partial charge in [0.25, 0.3) is 5.91 Å². The van der Waals surface area contributed by atoms with Crippen LogP contribution in [0.3, 0.4) is 0 Å². The number of hydrogen-bond acceptors (Lipinski definition) is 6. The van der Waals surface area contributed by atoms with Crippen LogP contribution in [0.4, 0.5) is 11.4 Å². The number of hydrazone groups is 1. The minimum Gasteiger partial charge on any atom is -0.497 e. The van der Waals surface area contributed by atoms with E-state index in [1.807, 2.05) is 0 Å². The maximum atomic E-state index is 12.2. The van der Waals surface area contributed by atoms with Crippen molar-refractivity contribution in [2.75, 3.05) is 24.4 Å². The average Bonchev–Trinajstić information content (AvgIpc) is 2.86. The van der Waals surface area contributed by atoms with Crippen LogP contribution in [0, 0.1) is 0 Å². The van der Waals surface area contributed by atoms with Crippen LogP contribution in [0.2, 0.25) is 10.0 Å². The molecule has 3 amide bonds. The molecule has 0 bridgehead atoms. The summed E-state index contributed by atoms with van der Waals surface area (Å²) >= 11 is 12.0. The summed E-state index contributed by atoms with van der Waals surface area (Å²) in [4.78, 5) is 36.3. The highest BCUT2D eigenvalue weighted by Gasteiger charge is 2.13. The van der Waals surface area contributed by atoms with Crippen molar-refractivity contribution in [3.8, 4) is 11.5 Å². The number of halogens is 2. The second-order valence-electron chi connectivity index (χ2n) is 6.86. The fourth-order valence-corrected chi connectivity index (χ4v) is 3.07. The zero-order valence-electron chi connectivity index (χ0n) is 18.4. The molecule has 35 heavy (non-hydrogen) atoms. The largest absolute Gasteiger partial charge is 0.497 e. The standard InChI is InChI=1S/C24H20Cl2N4O5/c1-34-17-11-9-16(10-12-17)28-23(32)24(33)30-27-13-15-5-2-3-8-20(15)35-14-21(31)29-19-7-4-6-18(25)22(19)26/h2-13H,14H2,1H3,(H,28,32)(H,29,31)(H,30,33)/b27-13-. The SMILES string of the molecule is COc1ccc(NC(=O)C(=O)N/N=C\c2ccccc2OCC(=O)Nc2cccc(Cl)c2Cl)cc1. The van der Waals surface area contributed by atoms with Gasteiger partial charge < -0.3 is 20.1 Å². The molecule has 0 heterocycles. The smallest absolute Gasteiger partial charge is 0.329 e. The summed E-state index contributed by atoms with van der Waals surface area (Å²) in [6, 6.07) is 18.1. The van der Waals surface area contributed by atoms with Crippen molar-refractivity contribution in [1.29, 1.82) is 0 Å². The first-order chi connectivity index (χ1) is 16.9. The minimum atomic E-state index is -0.965. The number of para-hydroxylation sites is 1. The molecule has 0 aliphatic rings. The molecule has 3 N–H and O–H groups in total.